The van der Waals surface area contributed by atoms with Crippen molar-refractivity contribution >= 4 is 5.95 Å². The smallest absolute Gasteiger partial charge is 0.203 e. The van der Waals surface area contributed by atoms with Gasteiger partial charge in [0.1, 0.15) is 0 Å². The molecule has 0 atom stereocenters. The summed E-state index contributed by atoms with van der Waals surface area (Å²) in [5, 5.41) is 3.67. The van der Waals surface area contributed by atoms with E-state index in [1.54, 1.807) is 0 Å². The van der Waals surface area contributed by atoms with Gasteiger partial charge in [0.15, 0.2) is 0 Å². The molecule has 1 aromatic heterocycles. The largest absolute Gasteiger partial charge is 0.353 e. The third-order valence-electron chi connectivity index (χ3n) is 4.60. The fraction of sp³-hybridized carbons (Fsp3) is 0.824. The van der Waals surface area contributed by atoms with Gasteiger partial charge in [-0.1, -0.05) is 33.1 Å². The maximum atomic E-state index is 4.68. The molecule has 120 valence electrons. The van der Waals surface area contributed by atoms with E-state index < -0.39 is 0 Å². The minimum atomic E-state index is 0.627. The van der Waals surface area contributed by atoms with E-state index in [9.17, 15) is 0 Å². The van der Waals surface area contributed by atoms with Crippen molar-refractivity contribution < 1.29 is 0 Å². The van der Waals surface area contributed by atoms with Crippen molar-refractivity contribution in [1.29, 1.82) is 0 Å². The Bertz CT molecular complexity index is 403. The van der Waals surface area contributed by atoms with Crippen molar-refractivity contribution in [3.63, 3.8) is 0 Å². The predicted octanol–water partition coefficient (Wildman–Crippen LogP) is 3.67. The predicted molar refractivity (Wildman–Crippen MR) is 89.9 cm³/mol. The van der Waals surface area contributed by atoms with Crippen molar-refractivity contribution in [2.75, 3.05) is 25.0 Å². The van der Waals surface area contributed by atoms with Crippen LogP contribution in [0, 0.1) is 6.92 Å². The van der Waals surface area contributed by atoms with Crippen LogP contribution in [-0.2, 0) is 6.54 Å². The van der Waals surface area contributed by atoms with E-state index >= 15 is 0 Å². The first-order valence-electron chi connectivity index (χ1n) is 8.75. The number of hydrogen-bond donors (Lipinski definition) is 1. The molecule has 1 saturated carbocycles. The van der Waals surface area contributed by atoms with Gasteiger partial charge in [-0.3, -0.25) is 0 Å². The number of rotatable bonds is 8. The summed E-state index contributed by atoms with van der Waals surface area (Å²) in [6, 6.07) is 0.627. The number of nitrogens with one attached hydrogen (secondary N) is 1. The zero-order chi connectivity index (χ0) is 15.1. The molecule has 0 bridgehead atoms. The first-order chi connectivity index (χ1) is 10.2. The number of nitrogens with zero attached hydrogens (tertiary/aromatic N) is 3. The van der Waals surface area contributed by atoms with E-state index in [2.05, 4.69) is 46.7 Å². The average molecular weight is 292 g/mol. The SMILES string of the molecule is CCN(CC)CCCn1cc(C)nc1NC1CCCCC1. The lowest BCUT2D eigenvalue weighted by molar-refractivity contribution is 0.293. The Balaban J connectivity index is 1.87. The monoisotopic (exact) mass is 292 g/mol. The van der Waals surface area contributed by atoms with Gasteiger partial charge < -0.3 is 14.8 Å². The highest BCUT2D eigenvalue weighted by Gasteiger charge is 2.15. The molecule has 0 aliphatic heterocycles. The summed E-state index contributed by atoms with van der Waals surface area (Å²) in [7, 11) is 0. The molecule has 0 radical (unpaired) electrons. The van der Waals surface area contributed by atoms with Gasteiger partial charge in [-0.05, 0) is 45.8 Å². The zero-order valence-electron chi connectivity index (χ0n) is 14.1. The topological polar surface area (TPSA) is 33.1 Å². The molecule has 0 amide bonds. The fourth-order valence-corrected chi connectivity index (χ4v) is 3.27. The average Bonchev–Trinajstić information content (AvgIpc) is 2.84. The molecule has 4 heteroatoms. The van der Waals surface area contributed by atoms with Crippen LogP contribution in [0.25, 0.3) is 0 Å². The molecule has 1 aromatic rings. The summed E-state index contributed by atoms with van der Waals surface area (Å²) in [6.45, 7) is 11.1. The standard InChI is InChI=1S/C17H32N4/c1-4-20(5-2)12-9-13-21-14-15(3)18-17(21)19-16-10-7-6-8-11-16/h14,16H,4-13H2,1-3H3,(H,18,19). The Hall–Kier alpha value is -1.03. The Morgan fingerprint density at radius 2 is 1.95 bits per heavy atom. The van der Waals surface area contributed by atoms with Crippen LogP contribution in [0.5, 0.6) is 0 Å². The van der Waals surface area contributed by atoms with Gasteiger partial charge in [-0.2, -0.15) is 0 Å². The highest BCUT2D eigenvalue weighted by molar-refractivity contribution is 5.30. The normalized spacial score (nSPS) is 16.6. The van der Waals surface area contributed by atoms with E-state index in [4.69, 9.17) is 0 Å². The van der Waals surface area contributed by atoms with Crippen molar-refractivity contribution in [3.8, 4) is 0 Å². The fourth-order valence-electron chi connectivity index (χ4n) is 3.27. The summed E-state index contributed by atoms with van der Waals surface area (Å²) in [5.74, 6) is 1.08. The second-order valence-corrected chi connectivity index (χ2v) is 6.26. The number of anilines is 1. The van der Waals surface area contributed by atoms with Gasteiger partial charge in [-0.15, -0.1) is 0 Å². The van der Waals surface area contributed by atoms with Crippen molar-refractivity contribution in [3.05, 3.63) is 11.9 Å². The minimum Gasteiger partial charge on any atom is -0.353 e. The summed E-state index contributed by atoms with van der Waals surface area (Å²) < 4.78 is 2.31. The second kappa shape index (κ2) is 8.42. The van der Waals surface area contributed by atoms with E-state index in [1.165, 1.54) is 45.1 Å². The third kappa shape index (κ3) is 5.03. The summed E-state index contributed by atoms with van der Waals surface area (Å²) >= 11 is 0. The van der Waals surface area contributed by atoms with Crippen LogP contribution < -0.4 is 5.32 Å². The maximum Gasteiger partial charge on any atom is 0.203 e. The summed E-state index contributed by atoms with van der Waals surface area (Å²) in [5.41, 5.74) is 1.12. The molecule has 2 rings (SSSR count). The lowest BCUT2D eigenvalue weighted by Crippen LogP contribution is -2.26. The van der Waals surface area contributed by atoms with Crippen molar-refractivity contribution in [2.45, 2.75) is 71.9 Å². The van der Waals surface area contributed by atoms with Crippen LogP contribution in [0.3, 0.4) is 0 Å². The van der Waals surface area contributed by atoms with Crippen LogP contribution in [-0.4, -0.2) is 40.1 Å². The number of aromatic nitrogens is 2. The third-order valence-corrected chi connectivity index (χ3v) is 4.60. The lowest BCUT2D eigenvalue weighted by atomic mass is 9.96. The minimum absolute atomic E-state index is 0.627. The van der Waals surface area contributed by atoms with E-state index in [-0.39, 0.29) is 0 Å². The molecule has 21 heavy (non-hydrogen) atoms. The molecule has 1 fully saturated rings. The van der Waals surface area contributed by atoms with Gasteiger partial charge in [0.25, 0.3) is 0 Å². The first kappa shape index (κ1) is 16.3. The second-order valence-electron chi connectivity index (χ2n) is 6.26. The van der Waals surface area contributed by atoms with Crippen LogP contribution in [0.1, 0.15) is 58.1 Å². The number of aryl methyl sites for hydroxylation is 2. The quantitative estimate of drug-likeness (QED) is 0.793. The van der Waals surface area contributed by atoms with Crippen LogP contribution in [0.4, 0.5) is 5.95 Å². The van der Waals surface area contributed by atoms with E-state index in [1.807, 2.05) is 0 Å². The first-order valence-corrected chi connectivity index (χ1v) is 8.75. The van der Waals surface area contributed by atoms with Crippen LogP contribution in [0.15, 0.2) is 6.20 Å². The molecule has 1 aliphatic rings. The summed E-state index contributed by atoms with van der Waals surface area (Å²) in [6.07, 6.45) is 10.1. The van der Waals surface area contributed by atoms with E-state index in [0.29, 0.717) is 6.04 Å². The number of imidazole rings is 1. The van der Waals surface area contributed by atoms with Crippen molar-refractivity contribution in [1.82, 2.24) is 14.5 Å². The molecule has 0 unspecified atom stereocenters. The molecule has 0 spiro atoms. The Kier molecular flexibility index (Phi) is 6.55. The van der Waals surface area contributed by atoms with Gasteiger partial charge in [0.2, 0.25) is 5.95 Å². The molecular formula is C17H32N4. The van der Waals surface area contributed by atoms with Crippen LogP contribution in [0.2, 0.25) is 0 Å². The lowest BCUT2D eigenvalue weighted by Gasteiger charge is -2.24. The molecule has 4 nitrogen and oxygen atoms in total. The van der Waals surface area contributed by atoms with Gasteiger partial charge >= 0.3 is 0 Å². The molecule has 1 aliphatic carbocycles. The Morgan fingerprint density at radius 3 is 2.62 bits per heavy atom. The highest BCUT2D eigenvalue weighted by Crippen LogP contribution is 2.21. The zero-order valence-corrected chi connectivity index (χ0v) is 14.1. The molecule has 1 heterocycles. The number of hydrogen-bond acceptors (Lipinski definition) is 3. The Labute approximate surface area is 129 Å². The summed E-state index contributed by atoms with van der Waals surface area (Å²) in [4.78, 5) is 7.17. The van der Waals surface area contributed by atoms with Gasteiger partial charge in [-0.25, -0.2) is 4.98 Å². The maximum absolute atomic E-state index is 4.68. The molecular weight excluding hydrogens is 260 g/mol. The van der Waals surface area contributed by atoms with Gasteiger partial charge in [0, 0.05) is 18.8 Å². The molecule has 1 N–H and O–H groups in total. The molecule has 0 aromatic carbocycles. The molecule has 0 saturated heterocycles. The van der Waals surface area contributed by atoms with Gasteiger partial charge in [0.05, 0.1) is 5.69 Å². The highest BCUT2D eigenvalue weighted by atomic mass is 15.2. The van der Waals surface area contributed by atoms with E-state index in [0.717, 1.165) is 31.3 Å². The van der Waals surface area contributed by atoms with Crippen LogP contribution >= 0.6 is 0 Å². The Morgan fingerprint density at radius 1 is 1.24 bits per heavy atom. The van der Waals surface area contributed by atoms with Crippen molar-refractivity contribution in [2.24, 2.45) is 0 Å².